The molecule has 2 heterocycles. The number of ether oxygens (including phenoxy) is 1. The molecule has 3 aromatic rings. The lowest BCUT2D eigenvalue weighted by Crippen LogP contribution is -2.27. The number of rotatable bonds is 6. The average Bonchev–Trinajstić information content (AvgIpc) is 3.15. The van der Waals surface area contributed by atoms with E-state index >= 15 is 0 Å². The van der Waals surface area contributed by atoms with Gasteiger partial charge in [0.15, 0.2) is 6.23 Å². The summed E-state index contributed by atoms with van der Waals surface area (Å²) < 4.78 is 7.85. The lowest BCUT2D eigenvalue weighted by Gasteiger charge is -2.27. The second-order valence-electron chi connectivity index (χ2n) is 8.42. The van der Waals surface area contributed by atoms with E-state index in [0.29, 0.717) is 11.6 Å². The first-order valence-corrected chi connectivity index (χ1v) is 10.6. The van der Waals surface area contributed by atoms with Gasteiger partial charge in [-0.1, -0.05) is 37.6 Å². The Labute approximate surface area is 180 Å². The highest BCUT2D eigenvalue weighted by molar-refractivity contribution is 6.34. The average molecular weight is 428 g/mol. The maximum Gasteiger partial charge on any atom is 0.335 e. The van der Waals surface area contributed by atoms with Crippen molar-refractivity contribution >= 4 is 34.2 Å². The Bertz CT molecular complexity index is 1050. The van der Waals surface area contributed by atoms with Gasteiger partial charge >= 0.3 is 5.97 Å². The van der Waals surface area contributed by atoms with Crippen LogP contribution in [0.25, 0.3) is 10.9 Å². The van der Waals surface area contributed by atoms with E-state index in [2.05, 4.69) is 24.3 Å². The smallest absolute Gasteiger partial charge is 0.335 e. The Balaban J connectivity index is 1.55. The SMILES string of the molecule is CC(C)(CNc1cc2c(cnn2C2CCCCO2)cc1Cl)c1ccc(C(=O)O)cc1. The summed E-state index contributed by atoms with van der Waals surface area (Å²) in [5, 5.41) is 18.7. The van der Waals surface area contributed by atoms with Crippen LogP contribution in [0.15, 0.2) is 42.6 Å². The molecular formula is C23H26ClN3O3. The van der Waals surface area contributed by atoms with Crippen molar-refractivity contribution < 1.29 is 14.6 Å². The molecule has 0 amide bonds. The van der Waals surface area contributed by atoms with Crippen LogP contribution in [0.5, 0.6) is 0 Å². The topological polar surface area (TPSA) is 76.4 Å². The van der Waals surface area contributed by atoms with Crippen LogP contribution in [0.2, 0.25) is 5.02 Å². The fourth-order valence-corrected chi connectivity index (χ4v) is 4.07. The van der Waals surface area contributed by atoms with Gasteiger partial charge in [-0.2, -0.15) is 5.10 Å². The van der Waals surface area contributed by atoms with Gasteiger partial charge in [-0.25, -0.2) is 9.48 Å². The molecule has 0 aliphatic carbocycles. The zero-order chi connectivity index (χ0) is 21.3. The Kier molecular flexibility index (Phi) is 5.71. The summed E-state index contributed by atoms with van der Waals surface area (Å²) in [5.41, 5.74) is 2.96. The number of aromatic nitrogens is 2. The van der Waals surface area contributed by atoms with E-state index < -0.39 is 5.97 Å². The quantitative estimate of drug-likeness (QED) is 0.545. The number of anilines is 1. The molecule has 1 saturated heterocycles. The summed E-state index contributed by atoms with van der Waals surface area (Å²) in [6, 6.07) is 11.0. The maximum absolute atomic E-state index is 11.1. The summed E-state index contributed by atoms with van der Waals surface area (Å²) >= 11 is 6.53. The van der Waals surface area contributed by atoms with Gasteiger partial charge < -0.3 is 15.2 Å². The van der Waals surface area contributed by atoms with Crippen LogP contribution in [0.3, 0.4) is 0 Å². The van der Waals surface area contributed by atoms with Gasteiger partial charge in [-0.3, -0.25) is 0 Å². The number of benzene rings is 2. The van der Waals surface area contributed by atoms with Crippen molar-refractivity contribution in [3.05, 3.63) is 58.7 Å². The molecular weight excluding hydrogens is 402 g/mol. The van der Waals surface area contributed by atoms with E-state index in [1.165, 1.54) is 0 Å². The molecule has 158 valence electrons. The van der Waals surface area contributed by atoms with E-state index in [4.69, 9.17) is 21.4 Å². The van der Waals surface area contributed by atoms with E-state index in [9.17, 15) is 4.79 Å². The minimum absolute atomic E-state index is 0.0329. The molecule has 0 saturated carbocycles. The first-order valence-electron chi connectivity index (χ1n) is 10.2. The molecule has 2 N–H and O–H groups in total. The third-order valence-electron chi connectivity index (χ3n) is 5.75. The zero-order valence-electron chi connectivity index (χ0n) is 17.2. The fraction of sp³-hybridized carbons (Fsp3) is 0.391. The van der Waals surface area contributed by atoms with Crippen molar-refractivity contribution in [3.8, 4) is 0 Å². The van der Waals surface area contributed by atoms with Crippen LogP contribution >= 0.6 is 11.6 Å². The number of carboxylic acids is 1. The Morgan fingerprint density at radius 3 is 2.73 bits per heavy atom. The standard InChI is InChI=1S/C23H26ClN3O3/c1-23(2,17-8-6-15(7-9-17)22(28)29)14-25-19-12-20-16(11-18(19)24)13-26-27(20)21-5-3-4-10-30-21/h6-9,11-13,21,25H,3-5,10,14H2,1-2H3,(H,28,29). The summed E-state index contributed by atoms with van der Waals surface area (Å²) in [5.74, 6) is -0.920. The maximum atomic E-state index is 11.1. The van der Waals surface area contributed by atoms with Gasteiger partial charge in [0.05, 0.1) is 28.0 Å². The number of nitrogens with zero attached hydrogens (tertiary/aromatic N) is 2. The predicted octanol–water partition coefficient (Wildman–Crippen LogP) is 5.48. The number of aromatic carboxylic acids is 1. The predicted molar refractivity (Wildman–Crippen MR) is 119 cm³/mol. The van der Waals surface area contributed by atoms with Crippen molar-refractivity contribution in [2.75, 3.05) is 18.5 Å². The zero-order valence-corrected chi connectivity index (χ0v) is 17.9. The van der Waals surface area contributed by atoms with E-state index in [1.807, 2.05) is 35.1 Å². The van der Waals surface area contributed by atoms with Crippen molar-refractivity contribution in [2.45, 2.75) is 44.8 Å². The van der Waals surface area contributed by atoms with Gasteiger partial charge in [-0.15, -0.1) is 0 Å². The summed E-state index contributed by atoms with van der Waals surface area (Å²) in [7, 11) is 0. The molecule has 1 fully saturated rings. The lowest BCUT2D eigenvalue weighted by atomic mass is 9.84. The number of carbonyl (C=O) groups is 1. The Hall–Kier alpha value is -2.57. The third-order valence-corrected chi connectivity index (χ3v) is 6.06. The van der Waals surface area contributed by atoms with E-state index in [0.717, 1.165) is 48.0 Å². The molecule has 0 radical (unpaired) electrons. The normalized spacial score (nSPS) is 17.2. The third kappa shape index (κ3) is 4.16. The molecule has 1 atom stereocenters. The molecule has 1 aliphatic rings. The van der Waals surface area contributed by atoms with Crippen LogP contribution in [-0.4, -0.2) is 34.0 Å². The number of halogens is 1. The number of nitrogens with one attached hydrogen (secondary N) is 1. The van der Waals surface area contributed by atoms with Gasteiger partial charge in [0.1, 0.15) is 0 Å². The van der Waals surface area contributed by atoms with Crippen molar-refractivity contribution in [1.29, 1.82) is 0 Å². The van der Waals surface area contributed by atoms with E-state index in [1.54, 1.807) is 12.1 Å². The highest BCUT2D eigenvalue weighted by Crippen LogP contribution is 2.33. The first kappa shape index (κ1) is 20.7. The highest BCUT2D eigenvalue weighted by Gasteiger charge is 2.23. The summed E-state index contributed by atoms with van der Waals surface area (Å²) in [6.07, 6.45) is 4.99. The molecule has 1 aliphatic heterocycles. The monoisotopic (exact) mass is 427 g/mol. The van der Waals surface area contributed by atoms with Gasteiger partial charge in [0.2, 0.25) is 0 Å². The molecule has 1 aromatic heterocycles. The molecule has 7 heteroatoms. The van der Waals surface area contributed by atoms with Crippen molar-refractivity contribution in [1.82, 2.24) is 9.78 Å². The van der Waals surface area contributed by atoms with Crippen LogP contribution in [0, 0.1) is 0 Å². The second-order valence-corrected chi connectivity index (χ2v) is 8.83. The van der Waals surface area contributed by atoms with Crippen LogP contribution < -0.4 is 5.32 Å². The number of hydrogen-bond acceptors (Lipinski definition) is 4. The molecule has 4 rings (SSSR count). The summed E-state index contributed by atoms with van der Waals surface area (Å²) in [6.45, 7) is 5.63. The molecule has 0 bridgehead atoms. The van der Waals surface area contributed by atoms with Crippen LogP contribution in [-0.2, 0) is 10.2 Å². The fourth-order valence-electron chi connectivity index (χ4n) is 3.83. The van der Waals surface area contributed by atoms with Crippen LogP contribution in [0.1, 0.15) is 55.3 Å². The molecule has 6 nitrogen and oxygen atoms in total. The number of carboxylic acid groups (broad SMARTS) is 1. The lowest BCUT2D eigenvalue weighted by molar-refractivity contribution is -0.0366. The highest BCUT2D eigenvalue weighted by atomic mass is 35.5. The second kappa shape index (κ2) is 8.28. The van der Waals surface area contributed by atoms with Gasteiger partial charge in [-0.05, 0) is 49.1 Å². The minimum Gasteiger partial charge on any atom is -0.478 e. The largest absolute Gasteiger partial charge is 0.478 e. The molecule has 1 unspecified atom stereocenters. The Morgan fingerprint density at radius 1 is 1.30 bits per heavy atom. The number of fused-ring (bicyclic) bond motifs is 1. The first-order chi connectivity index (χ1) is 14.3. The Morgan fingerprint density at radius 2 is 2.07 bits per heavy atom. The number of hydrogen-bond donors (Lipinski definition) is 2. The summed E-state index contributed by atoms with van der Waals surface area (Å²) in [4.78, 5) is 11.1. The van der Waals surface area contributed by atoms with Crippen molar-refractivity contribution in [2.24, 2.45) is 0 Å². The van der Waals surface area contributed by atoms with Crippen molar-refractivity contribution in [3.63, 3.8) is 0 Å². The molecule has 0 spiro atoms. The minimum atomic E-state index is -0.920. The molecule has 2 aromatic carbocycles. The van der Waals surface area contributed by atoms with Crippen LogP contribution in [0.4, 0.5) is 5.69 Å². The molecule has 30 heavy (non-hydrogen) atoms. The van der Waals surface area contributed by atoms with Gasteiger partial charge in [0, 0.05) is 24.0 Å². The van der Waals surface area contributed by atoms with Gasteiger partial charge in [0.25, 0.3) is 0 Å². The van der Waals surface area contributed by atoms with E-state index in [-0.39, 0.29) is 17.2 Å².